The third kappa shape index (κ3) is 7.32. The fourth-order valence-corrected chi connectivity index (χ4v) is 3.51. The van der Waals surface area contributed by atoms with Crippen molar-refractivity contribution < 1.29 is 9.53 Å². The molecule has 32 heavy (non-hydrogen) atoms. The molecule has 0 aliphatic heterocycles. The van der Waals surface area contributed by atoms with Crippen LogP contribution >= 0.6 is 11.6 Å². The van der Waals surface area contributed by atoms with Gasteiger partial charge >= 0.3 is 0 Å². The van der Waals surface area contributed by atoms with Crippen LogP contribution in [0.15, 0.2) is 60.9 Å². The van der Waals surface area contributed by atoms with E-state index in [1.54, 1.807) is 12.1 Å². The molecule has 0 saturated carbocycles. The smallest absolute Gasteiger partial charge is 0.230 e. The van der Waals surface area contributed by atoms with Gasteiger partial charge < -0.3 is 15.0 Å². The van der Waals surface area contributed by atoms with E-state index in [0.717, 1.165) is 42.2 Å². The van der Waals surface area contributed by atoms with Crippen LogP contribution in [0.5, 0.6) is 5.75 Å². The highest BCUT2D eigenvalue weighted by atomic mass is 35.5. The average Bonchev–Trinajstić information content (AvgIpc) is 2.80. The largest absolute Gasteiger partial charge is 0.492 e. The second-order valence-corrected chi connectivity index (χ2v) is 7.81. The summed E-state index contributed by atoms with van der Waals surface area (Å²) in [6.45, 7) is 7.95. The first-order valence-corrected chi connectivity index (χ1v) is 11.2. The quantitative estimate of drug-likeness (QED) is 0.459. The van der Waals surface area contributed by atoms with Crippen molar-refractivity contribution in [2.24, 2.45) is 0 Å². The molecule has 3 rings (SSSR count). The van der Waals surface area contributed by atoms with Crippen LogP contribution in [0.25, 0.3) is 0 Å². The maximum Gasteiger partial charge on any atom is 0.230 e. The molecule has 0 atom stereocenters. The van der Waals surface area contributed by atoms with Gasteiger partial charge in [0.2, 0.25) is 5.91 Å². The molecular weight excluding hydrogens is 424 g/mol. The van der Waals surface area contributed by atoms with Gasteiger partial charge in [0.05, 0.1) is 12.1 Å². The number of hydrogen-bond acceptors (Lipinski definition) is 5. The minimum Gasteiger partial charge on any atom is -0.492 e. The van der Waals surface area contributed by atoms with Gasteiger partial charge in [-0.05, 0) is 42.4 Å². The van der Waals surface area contributed by atoms with Crippen LogP contribution in [0, 0.1) is 0 Å². The van der Waals surface area contributed by atoms with Crippen molar-refractivity contribution in [3.63, 3.8) is 0 Å². The van der Waals surface area contributed by atoms with Crippen molar-refractivity contribution in [3.8, 4) is 5.75 Å². The highest BCUT2D eigenvalue weighted by Crippen LogP contribution is 2.17. The summed E-state index contributed by atoms with van der Waals surface area (Å²) in [5.74, 6) is 1.16. The summed E-state index contributed by atoms with van der Waals surface area (Å²) in [7, 11) is 0. The molecule has 1 heterocycles. The highest BCUT2D eigenvalue weighted by Gasteiger charge is 2.09. The van der Waals surface area contributed by atoms with E-state index in [2.05, 4.69) is 34.0 Å². The Hall–Kier alpha value is -2.96. The molecule has 0 aliphatic carbocycles. The minimum atomic E-state index is -0.172. The zero-order chi connectivity index (χ0) is 22.8. The standard InChI is InChI=1S/C25H29ClN4O2/c1-3-30(4-2)13-14-32-22-11-9-19(10-12-22)15-21-17-24(28-18-27-21)29-25(31)16-20-7-5-6-8-23(20)26/h5-12,17-18H,3-4,13-16H2,1-2H3,(H,27,28,29,31). The lowest BCUT2D eigenvalue weighted by Gasteiger charge is -2.18. The van der Waals surface area contributed by atoms with Crippen molar-refractivity contribution in [2.45, 2.75) is 26.7 Å². The van der Waals surface area contributed by atoms with Crippen LogP contribution in [0.2, 0.25) is 5.02 Å². The number of amides is 1. The second-order valence-electron chi connectivity index (χ2n) is 7.41. The van der Waals surface area contributed by atoms with E-state index in [-0.39, 0.29) is 12.3 Å². The van der Waals surface area contributed by atoms with Crippen LogP contribution in [-0.2, 0) is 17.6 Å². The van der Waals surface area contributed by atoms with Crippen LogP contribution < -0.4 is 10.1 Å². The minimum absolute atomic E-state index is 0.172. The number of benzene rings is 2. The molecule has 0 unspecified atom stereocenters. The van der Waals surface area contributed by atoms with Gasteiger partial charge in [-0.15, -0.1) is 0 Å². The Labute approximate surface area is 194 Å². The number of likely N-dealkylation sites (N-methyl/N-ethyl adjacent to an activating group) is 1. The lowest BCUT2D eigenvalue weighted by molar-refractivity contribution is -0.115. The summed E-state index contributed by atoms with van der Waals surface area (Å²) in [5, 5.41) is 3.40. The van der Waals surface area contributed by atoms with E-state index in [1.165, 1.54) is 6.33 Å². The number of aromatic nitrogens is 2. The molecule has 168 valence electrons. The predicted octanol–water partition coefficient (Wildman–Crippen LogP) is 4.62. The van der Waals surface area contributed by atoms with Gasteiger partial charge in [-0.3, -0.25) is 4.79 Å². The number of nitrogens with zero attached hydrogens (tertiary/aromatic N) is 3. The highest BCUT2D eigenvalue weighted by molar-refractivity contribution is 6.31. The van der Waals surface area contributed by atoms with E-state index in [4.69, 9.17) is 16.3 Å². The van der Waals surface area contributed by atoms with Crippen LogP contribution in [0.1, 0.15) is 30.7 Å². The molecule has 0 bridgehead atoms. The number of anilines is 1. The van der Waals surface area contributed by atoms with Gasteiger partial charge in [-0.25, -0.2) is 9.97 Å². The van der Waals surface area contributed by atoms with Gasteiger partial charge in [-0.1, -0.05) is 55.8 Å². The lowest BCUT2D eigenvalue weighted by Crippen LogP contribution is -2.27. The van der Waals surface area contributed by atoms with Crippen LogP contribution in [-0.4, -0.2) is 47.0 Å². The monoisotopic (exact) mass is 452 g/mol. The third-order valence-electron chi connectivity index (χ3n) is 5.18. The van der Waals surface area contributed by atoms with Gasteiger partial charge in [-0.2, -0.15) is 0 Å². The normalized spacial score (nSPS) is 10.9. The van der Waals surface area contributed by atoms with E-state index in [1.807, 2.05) is 42.5 Å². The summed E-state index contributed by atoms with van der Waals surface area (Å²) in [6.07, 6.45) is 2.29. The zero-order valence-electron chi connectivity index (χ0n) is 18.6. The fraction of sp³-hybridized carbons (Fsp3) is 0.320. The molecule has 0 radical (unpaired) electrons. The average molecular weight is 453 g/mol. The fourth-order valence-electron chi connectivity index (χ4n) is 3.31. The topological polar surface area (TPSA) is 67.3 Å². The van der Waals surface area contributed by atoms with Gasteiger partial charge in [0.25, 0.3) is 0 Å². The molecule has 1 amide bonds. The molecule has 0 saturated heterocycles. The number of ether oxygens (including phenoxy) is 1. The number of carbonyl (C=O) groups excluding carboxylic acids is 1. The summed E-state index contributed by atoms with van der Waals surface area (Å²) >= 11 is 6.14. The zero-order valence-corrected chi connectivity index (χ0v) is 19.3. The Bertz CT molecular complexity index is 1010. The molecule has 0 fully saturated rings. The van der Waals surface area contributed by atoms with Crippen molar-refractivity contribution in [1.29, 1.82) is 0 Å². The summed E-state index contributed by atoms with van der Waals surface area (Å²) in [5.41, 5.74) is 2.71. The molecule has 7 heteroatoms. The summed E-state index contributed by atoms with van der Waals surface area (Å²) in [4.78, 5) is 23.2. The van der Waals surface area contributed by atoms with E-state index in [0.29, 0.717) is 23.9 Å². The van der Waals surface area contributed by atoms with Crippen molar-refractivity contribution >= 4 is 23.3 Å². The number of halogens is 1. The van der Waals surface area contributed by atoms with Crippen LogP contribution in [0.4, 0.5) is 5.82 Å². The van der Waals surface area contributed by atoms with Crippen molar-refractivity contribution in [2.75, 3.05) is 31.6 Å². The second kappa shape index (κ2) is 12.2. The first kappa shape index (κ1) is 23.7. The Morgan fingerprint density at radius 3 is 2.53 bits per heavy atom. The first-order chi connectivity index (χ1) is 15.6. The van der Waals surface area contributed by atoms with Crippen molar-refractivity contribution in [1.82, 2.24) is 14.9 Å². The van der Waals surface area contributed by atoms with Crippen molar-refractivity contribution in [3.05, 3.63) is 82.8 Å². The molecule has 0 aliphatic rings. The van der Waals surface area contributed by atoms with Gasteiger partial charge in [0, 0.05) is 24.1 Å². The molecule has 0 spiro atoms. The maximum atomic E-state index is 12.4. The summed E-state index contributed by atoms with van der Waals surface area (Å²) in [6, 6.07) is 17.1. The van der Waals surface area contributed by atoms with E-state index in [9.17, 15) is 4.79 Å². The number of nitrogens with one attached hydrogen (secondary N) is 1. The van der Waals surface area contributed by atoms with Crippen LogP contribution in [0.3, 0.4) is 0 Å². The Kier molecular flexibility index (Phi) is 9.01. The molecule has 6 nitrogen and oxygen atoms in total. The number of carbonyl (C=O) groups is 1. The maximum absolute atomic E-state index is 12.4. The van der Waals surface area contributed by atoms with Gasteiger partial charge in [0.1, 0.15) is 24.5 Å². The molecule has 3 aromatic rings. The number of rotatable bonds is 11. The van der Waals surface area contributed by atoms with E-state index >= 15 is 0 Å². The van der Waals surface area contributed by atoms with E-state index < -0.39 is 0 Å². The molecular formula is C25H29ClN4O2. The SMILES string of the molecule is CCN(CC)CCOc1ccc(Cc2cc(NC(=O)Cc3ccccc3Cl)ncn2)cc1. The molecule has 1 N–H and O–H groups in total. The summed E-state index contributed by atoms with van der Waals surface area (Å²) < 4.78 is 5.84. The molecule has 2 aromatic carbocycles. The Morgan fingerprint density at radius 1 is 1.06 bits per heavy atom. The predicted molar refractivity (Wildman–Crippen MR) is 128 cm³/mol. The van der Waals surface area contributed by atoms with Gasteiger partial charge in [0.15, 0.2) is 0 Å². The molecule has 1 aromatic heterocycles. The third-order valence-corrected chi connectivity index (χ3v) is 5.55. The Balaban J connectivity index is 1.53. The Morgan fingerprint density at radius 2 is 1.81 bits per heavy atom. The first-order valence-electron chi connectivity index (χ1n) is 10.9. The lowest BCUT2D eigenvalue weighted by atomic mass is 10.1. The number of hydrogen-bond donors (Lipinski definition) is 1.